The van der Waals surface area contributed by atoms with Crippen molar-refractivity contribution < 1.29 is 4.74 Å². The van der Waals surface area contributed by atoms with Crippen LogP contribution >= 0.6 is 11.6 Å². The van der Waals surface area contributed by atoms with E-state index in [0.717, 1.165) is 43.7 Å². The van der Waals surface area contributed by atoms with Crippen LogP contribution in [-0.4, -0.2) is 61.3 Å². The predicted molar refractivity (Wildman–Crippen MR) is 80.6 cm³/mol. The summed E-state index contributed by atoms with van der Waals surface area (Å²) in [6, 6.07) is 0. The summed E-state index contributed by atoms with van der Waals surface area (Å²) in [4.78, 5) is 5.00. The van der Waals surface area contributed by atoms with Crippen LogP contribution in [0.3, 0.4) is 0 Å². The first-order chi connectivity index (χ1) is 9.02. The molecule has 19 heavy (non-hydrogen) atoms. The van der Waals surface area contributed by atoms with Gasteiger partial charge < -0.3 is 4.74 Å². The highest BCUT2D eigenvalue weighted by atomic mass is 35.5. The topological polar surface area (TPSA) is 15.7 Å². The summed E-state index contributed by atoms with van der Waals surface area (Å²) in [5.74, 6) is 0.831. The van der Waals surface area contributed by atoms with Crippen LogP contribution in [0.2, 0.25) is 0 Å². The molecule has 0 spiro atoms. The Kier molecular flexibility index (Phi) is 5.70. The van der Waals surface area contributed by atoms with Crippen molar-refractivity contribution in [1.82, 2.24) is 9.80 Å². The summed E-state index contributed by atoms with van der Waals surface area (Å²) in [5.41, 5.74) is 0. The molecular weight excluding hydrogens is 260 g/mol. The number of halogens is 1. The van der Waals surface area contributed by atoms with Gasteiger partial charge in [-0.1, -0.05) is 18.2 Å². The number of hydrogen-bond donors (Lipinski definition) is 0. The summed E-state index contributed by atoms with van der Waals surface area (Å²) in [6.45, 7) is 14.7. The summed E-state index contributed by atoms with van der Waals surface area (Å²) in [7, 11) is 0. The molecule has 0 aromatic carbocycles. The van der Waals surface area contributed by atoms with E-state index in [1.54, 1.807) is 0 Å². The minimum absolute atomic E-state index is 0.378. The second kappa shape index (κ2) is 7.07. The SMILES string of the molecule is C=C(Cl)CN1CCC(CN2C[C@@H](C)O[C@H](C)C2)CC1. The van der Waals surface area contributed by atoms with Crippen molar-refractivity contribution in [2.75, 3.05) is 39.3 Å². The Morgan fingerprint density at radius 3 is 2.26 bits per heavy atom. The Labute approximate surface area is 122 Å². The molecule has 2 heterocycles. The fourth-order valence-corrected chi connectivity index (χ4v) is 3.54. The number of piperidine rings is 1. The van der Waals surface area contributed by atoms with Crippen molar-refractivity contribution in [3.8, 4) is 0 Å². The Morgan fingerprint density at radius 2 is 1.74 bits per heavy atom. The number of morpholine rings is 1. The number of ether oxygens (including phenoxy) is 1. The minimum Gasteiger partial charge on any atom is -0.373 e. The van der Waals surface area contributed by atoms with E-state index in [1.165, 1.54) is 19.4 Å². The second-order valence-electron chi connectivity index (χ2n) is 6.21. The minimum atomic E-state index is 0.378. The van der Waals surface area contributed by atoms with Gasteiger partial charge in [0.1, 0.15) is 0 Å². The first kappa shape index (κ1) is 15.3. The average Bonchev–Trinajstić information content (AvgIpc) is 2.29. The van der Waals surface area contributed by atoms with Gasteiger partial charge in [-0.2, -0.15) is 0 Å². The molecule has 0 bridgehead atoms. The fourth-order valence-electron chi connectivity index (χ4n) is 3.37. The zero-order valence-electron chi connectivity index (χ0n) is 12.3. The van der Waals surface area contributed by atoms with Gasteiger partial charge in [-0.15, -0.1) is 0 Å². The van der Waals surface area contributed by atoms with Gasteiger partial charge in [-0.3, -0.25) is 9.80 Å². The van der Waals surface area contributed by atoms with Gasteiger partial charge in [-0.25, -0.2) is 0 Å². The van der Waals surface area contributed by atoms with E-state index in [4.69, 9.17) is 16.3 Å². The van der Waals surface area contributed by atoms with Crippen molar-refractivity contribution in [3.63, 3.8) is 0 Å². The van der Waals surface area contributed by atoms with E-state index in [9.17, 15) is 0 Å². The van der Waals surface area contributed by atoms with Crippen molar-refractivity contribution in [3.05, 3.63) is 11.6 Å². The molecular formula is C15H27ClN2O. The molecule has 0 saturated carbocycles. The molecule has 0 aromatic rings. The third-order valence-corrected chi connectivity index (χ3v) is 4.23. The molecule has 110 valence electrons. The number of hydrogen-bond acceptors (Lipinski definition) is 3. The summed E-state index contributed by atoms with van der Waals surface area (Å²) in [6.07, 6.45) is 3.32. The third kappa shape index (κ3) is 5.07. The predicted octanol–water partition coefficient (Wildman–Crippen LogP) is 2.56. The van der Waals surface area contributed by atoms with Crippen molar-refractivity contribution in [1.29, 1.82) is 0 Å². The Hall–Kier alpha value is -0.0900. The Bertz CT molecular complexity index is 293. The molecule has 3 nitrogen and oxygen atoms in total. The fraction of sp³-hybridized carbons (Fsp3) is 0.867. The van der Waals surface area contributed by atoms with Crippen LogP contribution in [0.4, 0.5) is 0 Å². The molecule has 4 heteroatoms. The van der Waals surface area contributed by atoms with E-state index in [0.29, 0.717) is 12.2 Å². The highest BCUT2D eigenvalue weighted by Crippen LogP contribution is 2.21. The molecule has 2 saturated heterocycles. The molecule has 2 fully saturated rings. The van der Waals surface area contributed by atoms with Crippen LogP contribution in [0.5, 0.6) is 0 Å². The van der Waals surface area contributed by atoms with E-state index in [1.807, 2.05) is 0 Å². The molecule has 0 N–H and O–H groups in total. The molecule has 0 aromatic heterocycles. The van der Waals surface area contributed by atoms with Gasteiger partial charge >= 0.3 is 0 Å². The van der Waals surface area contributed by atoms with Gasteiger partial charge in [0.05, 0.1) is 12.2 Å². The quantitative estimate of drug-likeness (QED) is 0.790. The van der Waals surface area contributed by atoms with Crippen molar-refractivity contribution in [2.45, 2.75) is 38.9 Å². The highest BCUT2D eigenvalue weighted by molar-refractivity contribution is 6.29. The maximum atomic E-state index is 5.88. The molecule has 0 aliphatic carbocycles. The van der Waals surface area contributed by atoms with E-state index >= 15 is 0 Å². The Morgan fingerprint density at radius 1 is 1.16 bits per heavy atom. The largest absolute Gasteiger partial charge is 0.373 e. The van der Waals surface area contributed by atoms with E-state index in [2.05, 4.69) is 30.2 Å². The maximum Gasteiger partial charge on any atom is 0.0678 e. The lowest BCUT2D eigenvalue weighted by atomic mass is 9.95. The maximum absolute atomic E-state index is 5.88. The van der Waals surface area contributed by atoms with Crippen molar-refractivity contribution >= 4 is 11.6 Å². The van der Waals surface area contributed by atoms with E-state index < -0.39 is 0 Å². The van der Waals surface area contributed by atoms with Crippen LogP contribution in [-0.2, 0) is 4.74 Å². The standard InChI is InChI=1S/C15H27ClN2O/c1-12(16)8-17-6-4-15(5-7-17)11-18-9-13(2)19-14(3)10-18/h13-15H,1,4-11H2,2-3H3/t13-,14-/m1/s1. The molecule has 0 amide bonds. The average molecular weight is 287 g/mol. The zero-order valence-corrected chi connectivity index (χ0v) is 13.0. The number of nitrogens with zero attached hydrogens (tertiary/aromatic N) is 2. The monoisotopic (exact) mass is 286 g/mol. The highest BCUT2D eigenvalue weighted by Gasteiger charge is 2.26. The van der Waals surface area contributed by atoms with Gasteiger partial charge in [0, 0.05) is 31.2 Å². The van der Waals surface area contributed by atoms with E-state index in [-0.39, 0.29) is 0 Å². The lowest BCUT2D eigenvalue weighted by Crippen LogP contribution is -2.48. The summed E-state index contributed by atoms with van der Waals surface area (Å²) < 4.78 is 5.79. The van der Waals surface area contributed by atoms with Crippen LogP contribution in [0, 0.1) is 5.92 Å². The smallest absolute Gasteiger partial charge is 0.0678 e. The normalized spacial score (nSPS) is 31.5. The summed E-state index contributed by atoms with van der Waals surface area (Å²) >= 11 is 5.88. The summed E-state index contributed by atoms with van der Waals surface area (Å²) in [5, 5.41) is 0.759. The lowest BCUT2D eigenvalue weighted by Gasteiger charge is -2.39. The van der Waals surface area contributed by atoms with Crippen LogP contribution < -0.4 is 0 Å². The first-order valence-corrected chi connectivity index (χ1v) is 7.84. The van der Waals surface area contributed by atoms with Gasteiger partial charge in [0.2, 0.25) is 0 Å². The molecule has 0 unspecified atom stereocenters. The molecule has 2 aliphatic rings. The molecule has 2 atom stereocenters. The molecule has 2 rings (SSSR count). The van der Waals surface area contributed by atoms with Crippen LogP contribution in [0.1, 0.15) is 26.7 Å². The molecule has 2 aliphatic heterocycles. The lowest BCUT2D eigenvalue weighted by molar-refractivity contribution is -0.0730. The number of rotatable bonds is 4. The first-order valence-electron chi connectivity index (χ1n) is 7.46. The van der Waals surface area contributed by atoms with Crippen LogP contribution in [0.15, 0.2) is 11.6 Å². The van der Waals surface area contributed by atoms with Crippen molar-refractivity contribution in [2.24, 2.45) is 5.92 Å². The Balaban J connectivity index is 1.71. The van der Waals surface area contributed by atoms with Crippen LogP contribution in [0.25, 0.3) is 0 Å². The van der Waals surface area contributed by atoms with Gasteiger partial charge in [-0.05, 0) is 45.7 Å². The number of likely N-dealkylation sites (tertiary alicyclic amines) is 1. The third-order valence-electron chi connectivity index (χ3n) is 4.11. The molecule has 0 radical (unpaired) electrons. The second-order valence-corrected chi connectivity index (χ2v) is 6.75. The van der Waals surface area contributed by atoms with Gasteiger partial charge in [0.25, 0.3) is 0 Å². The van der Waals surface area contributed by atoms with Gasteiger partial charge in [0.15, 0.2) is 0 Å². The zero-order chi connectivity index (χ0) is 13.8.